The number of carbonyl (C=O) groups is 1. The lowest BCUT2D eigenvalue weighted by Gasteiger charge is -1.99. The van der Waals surface area contributed by atoms with Crippen LogP contribution in [0.4, 0.5) is 0 Å². The van der Waals surface area contributed by atoms with Gasteiger partial charge in [-0.3, -0.25) is 4.79 Å². The van der Waals surface area contributed by atoms with Gasteiger partial charge in [0.25, 0.3) is 0 Å². The van der Waals surface area contributed by atoms with Crippen LogP contribution in [0.2, 0.25) is 0 Å². The first-order chi connectivity index (χ1) is 4.77. The van der Waals surface area contributed by atoms with Gasteiger partial charge in [0.05, 0.1) is 6.54 Å². The first-order valence-electron chi connectivity index (χ1n) is 3.67. The molecule has 3 heteroatoms. The molecule has 10 heavy (non-hydrogen) atoms. The molecule has 0 rings (SSSR count). The molecule has 0 aromatic heterocycles. The second-order valence-corrected chi connectivity index (χ2v) is 2.37. The highest BCUT2D eigenvalue weighted by atomic mass is 16.1. The molecule has 0 aliphatic heterocycles. The van der Waals surface area contributed by atoms with Crippen molar-refractivity contribution in [1.82, 2.24) is 5.32 Å². The maximum atomic E-state index is 10.4. The van der Waals surface area contributed by atoms with E-state index < -0.39 is 0 Å². The van der Waals surface area contributed by atoms with E-state index >= 15 is 0 Å². The van der Waals surface area contributed by atoms with Gasteiger partial charge in [-0.25, -0.2) is 0 Å². The average Bonchev–Trinajstić information content (AvgIpc) is 1.87. The Kier molecular flexibility index (Phi) is 6.43. The molecular weight excluding hydrogens is 128 g/mol. The molecule has 0 saturated carbocycles. The fraction of sp³-hybridized carbons (Fsp3) is 0.857. The summed E-state index contributed by atoms with van der Waals surface area (Å²) in [6.45, 7) is 3.71. The van der Waals surface area contributed by atoms with Gasteiger partial charge in [0, 0.05) is 0 Å². The van der Waals surface area contributed by atoms with Crippen molar-refractivity contribution in [2.75, 3.05) is 19.6 Å². The largest absolute Gasteiger partial charge is 0.330 e. The minimum absolute atomic E-state index is 0.188. The summed E-state index contributed by atoms with van der Waals surface area (Å²) < 4.78 is 0. The third-order valence-corrected chi connectivity index (χ3v) is 1.18. The first kappa shape index (κ1) is 9.59. The molecule has 0 fully saturated rings. The van der Waals surface area contributed by atoms with Crippen molar-refractivity contribution >= 4 is 5.78 Å². The highest BCUT2D eigenvalue weighted by Crippen LogP contribution is 1.81. The molecule has 0 saturated heterocycles. The monoisotopic (exact) mass is 144 g/mol. The number of ketones is 1. The Morgan fingerprint density at radius 3 is 2.70 bits per heavy atom. The van der Waals surface area contributed by atoms with Crippen molar-refractivity contribution in [3.8, 4) is 0 Å². The van der Waals surface area contributed by atoms with Gasteiger partial charge in [0.1, 0.15) is 5.78 Å². The molecule has 0 atom stereocenters. The lowest BCUT2D eigenvalue weighted by atomic mass is 10.3. The number of hydrogen-bond acceptors (Lipinski definition) is 3. The highest BCUT2D eigenvalue weighted by molar-refractivity contribution is 5.77. The Hall–Kier alpha value is -0.410. The van der Waals surface area contributed by atoms with Crippen LogP contribution in [-0.2, 0) is 4.79 Å². The fourth-order valence-electron chi connectivity index (χ4n) is 0.659. The van der Waals surface area contributed by atoms with E-state index in [9.17, 15) is 4.79 Å². The summed E-state index contributed by atoms with van der Waals surface area (Å²) in [4.78, 5) is 10.4. The van der Waals surface area contributed by atoms with Crippen LogP contribution in [0.3, 0.4) is 0 Å². The Morgan fingerprint density at radius 1 is 1.50 bits per heavy atom. The number of rotatable bonds is 6. The van der Waals surface area contributed by atoms with Crippen molar-refractivity contribution in [1.29, 1.82) is 0 Å². The maximum Gasteiger partial charge on any atom is 0.143 e. The highest BCUT2D eigenvalue weighted by Gasteiger charge is 1.90. The lowest BCUT2D eigenvalue weighted by molar-refractivity contribution is -0.116. The van der Waals surface area contributed by atoms with Crippen LogP contribution in [0.5, 0.6) is 0 Å². The SMILES string of the molecule is CC(=O)CNCCCCN. The molecule has 0 spiro atoms. The van der Waals surface area contributed by atoms with Gasteiger partial charge in [-0.2, -0.15) is 0 Å². The van der Waals surface area contributed by atoms with Gasteiger partial charge >= 0.3 is 0 Å². The quantitative estimate of drug-likeness (QED) is 0.512. The summed E-state index contributed by atoms with van der Waals surface area (Å²) in [5.41, 5.74) is 5.28. The van der Waals surface area contributed by atoms with E-state index in [0.29, 0.717) is 6.54 Å². The van der Waals surface area contributed by atoms with Crippen molar-refractivity contribution in [2.45, 2.75) is 19.8 Å². The second kappa shape index (κ2) is 6.71. The molecule has 3 nitrogen and oxygen atoms in total. The molecule has 0 aromatic carbocycles. The van der Waals surface area contributed by atoms with E-state index in [1.165, 1.54) is 0 Å². The summed E-state index contributed by atoms with van der Waals surface area (Å²) in [5, 5.41) is 3.01. The van der Waals surface area contributed by atoms with Crippen molar-refractivity contribution in [3.63, 3.8) is 0 Å². The van der Waals surface area contributed by atoms with Crippen LogP contribution >= 0.6 is 0 Å². The van der Waals surface area contributed by atoms with Crippen LogP contribution in [0.15, 0.2) is 0 Å². The standard InChI is InChI=1S/C7H16N2O/c1-7(10)6-9-5-3-2-4-8/h9H,2-6,8H2,1H3. The molecule has 60 valence electrons. The van der Waals surface area contributed by atoms with Crippen LogP contribution in [0.25, 0.3) is 0 Å². The second-order valence-electron chi connectivity index (χ2n) is 2.37. The molecule has 3 N–H and O–H groups in total. The third-order valence-electron chi connectivity index (χ3n) is 1.18. The lowest BCUT2D eigenvalue weighted by Crippen LogP contribution is -2.22. The zero-order valence-corrected chi connectivity index (χ0v) is 6.52. The zero-order valence-electron chi connectivity index (χ0n) is 6.52. The molecular formula is C7H16N2O. The van der Waals surface area contributed by atoms with Gasteiger partial charge in [-0.1, -0.05) is 0 Å². The summed E-state index contributed by atoms with van der Waals surface area (Å²) in [6.07, 6.45) is 2.09. The maximum absolute atomic E-state index is 10.4. The Balaban J connectivity index is 2.84. The Morgan fingerprint density at radius 2 is 2.20 bits per heavy atom. The van der Waals surface area contributed by atoms with E-state index in [2.05, 4.69) is 5.32 Å². The molecule has 0 radical (unpaired) electrons. The Bertz CT molecular complexity index is 93.6. The van der Waals surface area contributed by atoms with E-state index in [1.807, 2.05) is 0 Å². The predicted molar refractivity (Wildman–Crippen MR) is 41.8 cm³/mol. The van der Waals surface area contributed by atoms with Crippen molar-refractivity contribution < 1.29 is 4.79 Å². The summed E-state index contributed by atoms with van der Waals surface area (Å²) in [5.74, 6) is 0.188. The fourth-order valence-corrected chi connectivity index (χ4v) is 0.659. The Labute approximate surface area is 62.0 Å². The zero-order chi connectivity index (χ0) is 7.82. The number of hydrogen-bond donors (Lipinski definition) is 2. The number of Topliss-reactive ketones (excluding diaryl/α,β-unsaturated/α-hetero) is 1. The van der Waals surface area contributed by atoms with Gasteiger partial charge in [-0.05, 0) is 32.9 Å². The third kappa shape index (κ3) is 7.59. The molecule has 0 aromatic rings. The smallest absolute Gasteiger partial charge is 0.143 e. The van der Waals surface area contributed by atoms with Crippen LogP contribution < -0.4 is 11.1 Å². The van der Waals surface area contributed by atoms with Gasteiger partial charge in [-0.15, -0.1) is 0 Å². The average molecular weight is 144 g/mol. The van der Waals surface area contributed by atoms with Gasteiger partial charge in [0.2, 0.25) is 0 Å². The van der Waals surface area contributed by atoms with Crippen LogP contribution in [0.1, 0.15) is 19.8 Å². The summed E-state index contributed by atoms with van der Waals surface area (Å²) in [6, 6.07) is 0. The first-order valence-corrected chi connectivity index (χ1v) is 3.67. The van der Waals surface area contributed by atoms with E-state index in [4.69, 9.17) is 5.73 Å². The normalized spacial score (nSPS) is 9.80. The summed E-state index contributed by atoms with van der Waals surface area (Å²) >= 11 is 0. The minimum Gasteiger partial charge on any atom is -0.330 e. The molecule has 0 aliphatic carbocycles. The van der Waals surface area contributed by atoms with E-state index in [-0.39, 0.29) is 5.78 Å². The molecule has 0 aliphatic rings. The molecule has 0 unspecified atom stereocenters. The number of nitrogens with one attached hydrogen (secondary N) is 1. The molecule has 0 bridgehead atoms. The van der Waals surface area contributed by atoms with Crippen molar-refractivity contribution in [2.24, 2.45) is 5.73 Å². The van der Waals surface area contributed by atoms with Crippen LogP contribution in [0, 0.1) is 0 Å². The van der Waals surface area contributed by atoms with E-state index in [1.54, 1.807) is 6.92 Å². The van der Waals surface area contributed by atoms with Crippen molar-refractivity contribution in [3.05, 3.63) is 0 Å². The topological polar surface area (TPSA) is 55.1 Å². The van der Waals surface area contributed by atoms with Gasteiger partial charge in [0.15, 0.2) is 0 Å². The number of carbonyl (C=O) groups excluding carboxylic acids is 1. The number of unbranched alkanes of at least 4 members (excludes halogenated alkanes) is 1. The van der Waals surface area contributed by atoms with Crippen LogP contribution in [-0.4, -0.2) is 25.4 Å². The minimum atomic E-state index is 0.188. The molecule has 0 amide bonds. The summed E-state index contributed by atoms with van der Waals surface area (Å²) in [7, 11) is 0. The number of nitrogens with two attached hydrogens (primary N) is 1. The molecule has 0 heterocycles. The predicted octanol–water partition coefficient (Wildman–Crippen LogP) is -0.0961. The van der Waals surface area contributed by atoms with E-state index in [0.717, 1.165) is 25.9 Å². The van der Waals surface area contributed by atoms with Gasteiger partial charge < -0.3 is 11.1 Å².